The molecule has 0 atom stereocenters. The van der Waals surface area contributed by atoms with E-state index in [0.717, 1.165) is 18.2 Å². The van der Waals surface area contributed by atoms with Crippen LogP contribution in [-0.4, -0.2) is 32.1 Å². The Bertz CT molecular complexity index is 599. The Morgan fingerprint density at radius 3 is 2.89 bits per heavy atom. The number of aromatic nitrogens is 3. The van der Waals surface area contributed by atoms with Gasteiger partial charge in [-0.2, -0.15) is 0 Å². The predicted octanol–water partition coefficient (Wildman–Crippen LogP) is 1.14. The molecule has 94 valence electrons. The Morgan fingerprint density at radius 1 is 1.33 bits per heavy atom. The van der Waals surface area contributed by atoms with Crippen LogP contribution in [0.5, 0.6) is 0 Å². The van der Waals surface area contributed by atoms with E-state index in [1.54, 1.807) is 24.2 Å². The molecule has 0 unspecified atom stereocenters. The summed E-state index contributed by atoms with van der Waals surface area (Å²) in [6.07, 6.45) is 1.54. The second-order valence-electron chi connectivity index (χ2n) is 4.43. The van der Waals surface area contributed by atoms with Crippen molar-refractivity contribution in [3.8, 4) is 0 Å². The van der Waals surface area contributed by atoms with Crippen molar-refractivity contribution >= 4 is 5.91 Å². The van der Waals surface area contributed by atoms with Gasteiger partial charge in [-0.15, -0.1) is 10.2 Å². The van der Waals surface area contributed by atoms with E-state index in [1.165, 1.54) is 0 Å². The fourth-order valence-electron chi connectivity index (χ4n) is 2.25. The van der Waals surface area contributed by atoms with E-state index in [2.05, 4.69) is 10.2 Å². The van der Waals surface area contributed by atoms with Gasteiger partial charge >= 0.3 is 0 Å². The zero-order chi connectivity index (χ0) is 12.7. The summed E-state index contributed by atoms with van der Waals surface area (Å²) in [5.74, 6) is 2.39. The molecule has 1 aliphatic heterocycles. The quantitative estimate of drug-likeness (QED) is 0.757. The van der Waals surface area contributed by atoms with Gasteiger partial charge in [0.15, 0.2) is 5.82 Å². The van der Waals surface area contributed by atoms with Crippen molar-refractivity contribution in [3.05, 3.63) is 35.3 Å². The molecular formula is C12H14N4O2. The number of hydrogen-bond acceptors (Lipinski definition) is 4. The van der Waals surface area contributed by atoms with Gasteiger partial charge in [-0.25, -0.2) is 0 Å². The van der Waals surface area contributed by atoms with Gasteiger partial charge in [-0.3, -0.25) is 4.79 Å². The van der Waals surface area contributed by atoms with E-state index in [9.17, 15) is 4.79 Å². The highest BCUT2D eigenvalue weighted by molar-refractivity contribution is 5.95. The molecule has 0 saturated heterocycles. The number of fused-ring (bicyclic) bond motifs is 1. The highest BCUT2D eigenvalue weighted by Gasteiger charge is 2.25. The molecule has 18 heavy (non-hydrogen) atoms. The Kier molecular flexibility index (Phi) is 2.43. The lowest BCUT2D eigenvalue weighted by Gasteiger charge is -2.27. The number of amides is 1. The lowest BCUT2D eigenvalue weighted by Crippen LogP contribution is -2.38. The van der Waals surface area contributed by atoms with Gasteiger partial charge in [0, 0.05) is 13.1 Å². The first-order chi connectivity index (χ1) is 8.66. The van der Waals surface area contributed by atoms with Crippen LogP contribution in [-0.2, 0) is 13.1 Å². The molecule has 0 saturated carbocycles. The van der Waals surface area contributed by atoms with Crippen molar-refractivity contribution in [1.29, 1.82) is 0 Å². The van der Waals surface area contributed by atoms with E-state index < -0.39 is 0 Å². The third kappa shape index (κ3) is 1.61. The second-order valence-corrected chi connectivity index (χ2v) is 4.43. The van der Waals surface area contributed by atoms with Crippen molar-refractivity contribution < 1.29 is 9.21 Å². The van der Waals surface area contributed by atoms with Crippen LogP contribution in [0.2, 0.25) is 0 Å². The zero-order valence-electron chi connectivity index (χ0n) is 10.4. The summed E-state index contributed by atoms with van der Waals surface area (Å²) >= 11 is 0. The molecule has 0 radical (unpaired) electrons. The van der Waals surface area contributed by atoms with Crippen LogP contribution in [0.1, 0.15) is 27.8 Å². The summed E-state index contributed by atoms with van der Waals surface area (Å²) < 4.78 is 7.22. The maximum absolute atomic E-state index is 12.3. The minimum Gasteiger partial charge on any atom is -0.469 e. The first-order valence-corrected chi connectivity index (χ1v) is 5.89. The average molecular weight is 246 g/mol. The maximum Gasteiger partial charge on any atom is 0.257 e. The molecule has 3 heterocycles. The van der Waals surface area contributed by atoms with Gasteiger partial charge in [-0.1, -0.05) is 0 Å². The minimum atomic E-state index is -0.00634. The van der Waals surface area contributed by atoms with E-state index in [4.69, 9.17) is 4.42 Å². The normalized spacial score (nSPS) is 14.7. The van der Waals surface area contributed by atoms with Crippen LogP contribution < -0.4 is 0 Å². The van der Waals surface area contributed by atoms with Crippen LogP contribution in [0.4, 0.5) is 0 Å². The van der Waals surface area contributed by atoms with Crippen LogP contribution >= 0.6 is 0 Å². The van der Waals surface area contributed by atoms with Crippen LogP contribution in [0.15, 0.2) is 16.7 Å². The molecule has 0 fully saturated rings. The highest BCUT2D eigenvalue weighted by atomic mass is 16.3. The standard InChI is InChI=1S/C12H14N4O2/c1-8-10(3-6-18-8)12(17)15-4-5-16-9(2)13-14-11(16)7-15/h3,6H,4-5,7H2,1-2H3. The SMILES string of the molecule is Cc1occc1C(=O)N1CCn2c(C)nnc2C1. The Morgan fingerprint density at radius 2 is 2.17 bits per heavy atom. The van der Waals surface area contributed by atoms with E-state index in [0.29, 0.717) is 24.4 Å². The molecular weight excluding hydrogens is 232 g/mol. The minimum absolute atomic E-state index is 0.00634. The molecule has 6 heteroatoms. The summed E-state index contributed by atoms with van der Waals surface area (Å²) in [6.45, 7) is 5.65. The van der Waals surface area contributed by atoms with E-state index in [1.807, 2.05) is 11.5 Å². The number of furan rings is 1. The summed E-state index contributed by atoms with van der Waals surface area (Å²) in [4.78, 5) is 14.1. The maximum atomic E-state index is 12.3. The second kappa shape index (κ2) is 3.97. The molecule has 0 spiro atoms. The molecule has 2 aromatic heterocycles. The highest BCUT2D eigenvalue weighted by Crippen LogP contribution is 2.17. The van der Waals surface area contributed by atoms with Gasteiger partial charge in [0.05, 0.1) is 18.4 Å². The number of carbonyl (C=O) groups excluding carboxylic acids is 1. The van der Waals surface area contributed by atoms with Crippen molar-refractivity contribution in [2.45, 2.75) is 26.9 Å². The Balaban J connectivity index is 1.84. The van der Waals surface area contributed by atoms with Crippen molar-refractivity contribution in [3.63, 3.8) is 0 Å². The van der Waals surface area contributed by atoms with Crippen LogP contribution in [0, 0.1) is 13.8 Å². The number of carbonyl (C=O) groups is 1. The van der Waals surface area contributed by atoms with Crippen LogP contribution in [0.3, 0.4) is 0 Å². The zero-order valence-corrected chi connectivity index (χ0v) is 10.4. The first-order valence-electron chi connectivity index (χ1n) is 5.89. The molecule has 3 rings (SSSR count). The lowest BCUT2D eigenvalue weighted by atomic mass is 10.2. The molecule has 0 bridgehead atoms. The summed E-state index contributed by atoms with van der Waals surface area (Å²) in [5.41, 5.74) is 0.625. The molecule has 0 aromatic carbocycles. The van der Waals surface area contributed by atoms with Gasteiger partial charge in [0.2, 0.25) is 0 Å². The Hall–Kier alpha value is -2.11. The topological polar surface area (TPSA) is 64.2 Å². The van der Waals surface area contributed by atoms with Crippen molar-refractivity contribution in [2.24, 2.45) is 0 Å². The van der Waals surface area contributed by atoms with Gasteiger partial charge in [0.1, 0.15) is 11.6 Å². The predicted molar refractivity (Wildman–Crippen MR) is 62.9 cm³/mol. The molecule has 0 N–H and O–H groups in total. The average Bonchev–Trinajstić information content (AvgIpc) is 2.95. The third-order valence-electron chi connectivity index (χ3n) is 3.31. The fourth-order valence-corrected chi connectivity index (χ4v) is 2.25. The lowest BCUT2D eigenvalue weighted by molar-refractivity contribution is 0.0705. The number of nitrogens with zero attached hydrogens (tertiary/aromatic N) is 4. The summed E-state index contributed by atoms with van der Waals surface area (Å²) in [7, 11) is 0. The van der Waals surface area contributed by atoms with Gasteiger partial charge in [-0.05, 0) is 19.9 Å². The number of rotatable bonds is 1. The number of hydrogen-bond donors (Lipinski definition) is 0. The third-order valence-corrected chi connectivity index (χ3v) is 3.31. The number of aryl methyl sites for hydroxylation is 2. The summed E-state index contributed by atoms with van der Waals surface area (Å²) in [6, 6.07) is 1.71. The van der Waals surface area contributed by atoms with Crippen LogP contribution in [0.25, 0.3) is 0 Å². The largest absolute Gasteiger partial charge is 0.469 e. The molecule has 6 nitrogen and oxygen atoms in total. The van der Waals surface area contributed by atoms with Gasteiger partial charge < -0.3 is 13.9 Å². The van der Waals surface area contributed by atoms with Crippen molar-refractivity contribution in [2.75, 3.05) is 6.54 Å². The monoisotopic (exact) mass is 246 g/mol. The van der Waals surface area contributed by atoms with Gasteiger partial charge in [0.25, 0.3) is 5.91 Å². The first kappa shape index (κ1) is 11.0. The van der Waals surface area contributed by atoms with E-state index in [-0.39, 0.29) is 5.91 Å². The molecule has 0 aliphatic carbocycles. The summed E-state index contributed by atoms with van der Waals surface area (Å²) in [5, 5.41) is 8.12. The van der Waals surface area contributed by atoms with Crippen molar-refractivity contribution in [1.82, 2.24) is 19.7 Å². The molecule has 2 aromatic rings. The van der Waals surface area contributed by atoms with E-state index >= 15 is 0 Å². The fraction of sp³-hybridized carbons (Fsp3) is 0.417. The molecule has 1 aliphatic rings. The molecule has 1 amide bonds. The Labute approximate surface area is 104 Å². The smallest absolute Gasteiger partial charge is 0.257 e.